The zero-order valence-corrected chi connectivity index (χ0v) is 8.77. The van der Waals surface area contributed by atoms with Gasteiger partial charge in [-0.15, -0.1) is 11.6 Å². The molecule has 1 heterocycles. The van der Waals surface area contributed by atoms with Gasteiger partial charge in [-0.1, -0.05) is 6.07 Å². The molecule has 0 amide bonds. The summed E-state index contributed by atoms with van der Waals surface area (Å²) in [5.74, 6) is 0.384. The quantitative estimate of drug-likeness (QED) is 0.658. The Morgan fingerprint density at radius 2 is 2.25 bits per heavy atom. The van der Waals surface area contributed by atoms with E-state index in [9.17, 15) is 0 Å². The molecule has 0 aromatic carbocycles. The predicted octanol–water partition coefficient (Wildman–Crippen LogP) is 2.12. The first-order valence-electron chi connectivity index (χ1n) is 3.59. The van der Waals surface area contributed by atoms with Gasteiger partial charge in [0.15, 0.2) is 0 Å². The van der Waals surface area contributed by atoms with Crippen LogP contribution >= 0.6 is 27.5 Å². The largest absolute Gasteiger partial charge is 0.396 e. The summed E-state index contributed by atoms with van der Waals surface area (Å²) in [4.78, 5) is 4.18. The molecule has 0 aliphatic rings. The third kappa shape index (κ3) is 2.44. The lowest BCUT2D eigenvalue weighted by molar-refractivity contribution is 0.299. The second-order valence-corrected chi connectivity index (χ2v) is 3.43. The zero-order chi connectivity index (χ0) is 8.97. The summed E-state index contributed by atoms with van der Waals surface area (Å²) in [6, 6.07) is 3.77. The van der Waals surface area contributed by atoms with Gasteiger partial charge in [0.2, 0.25) is 0 Å². The van der Waals surface area contributed by atoms with Crippen molar-refractivity contribution in [3.05, 3.63) is 28.0 Å². The Labute approximate surface area is 84.7 Å². The highest BCUT2D eigenvalue weighted by molar-refractivity contribution is 9.10. The molecule has 0 fully saturated rings. The molecule has 1 aromatic rings. The first-order chi connectivity index (χ1) is 5.77. The Kier molecular flexibility index (Phi) is 3.98. The molecule has 66 valence electrons. The van der Waals surface area contributed by atoms with Crippen molar-refractivity contribution in [3.8, 4) is 0 Å². The molecule has 0 bridgehead atoms. The molecule has 0 saturated heterocycles. The van der Waals surface area contributed by atoms with Gasteiger partial charge in [0.1, 0.15) is 4.60 Å². The number of hydrogen-bond donors (Lipinski definition) is 1. The number of hydrogen-bond acceptors (Lipinski definition) is 2. The van der Waals surface area contributed by atoms with Crippen LogP contribution in [0.3, 0.4) is 0 Å². The van der Waals surface area contributed by atoms with E-state index >= 15 is 0 Å². The van der Waals surface area contributed by atoms with Gasteiger partial charge in [0, 0.05) is 6.61 Å². The molecule has 0 aliphatic heterocycles. The molecule has 0 atom stereocenters. The van der Waals surface area contributed by atoms with Crippen molar-refractivity contribution in [2.45, 2.75) is 12.3 Å². The summed E-state index contributed by atoms with van der Waals surface area (Å²) in [7, 11) is 0. The van der Waals surface area contributed by atoms with Gasteiger partial charge in [0.05, 0.1) is 11.6 Å². The lowest BCUT2D eigenvalue weighted by atomic mass is 10.1. The van der Waals surface area contributed by atoms with E-state index in [2.05, 4.69) is 20.9 Å². The first kappa shape index (κ1) is 9.96. The Balaban J connectivity index is 2.94. The van der Waals surface area contributed by atoms with E-state index in [-0.39, 0.29) is 6.61 Å². The van der Waals surface area contributed by atoms with Crippen LogP contribution in [0.1, 0.15) is 11.3 Å². The van der Waals surface area contributed by atoms with Crippen LogP contribution in [-0.2, 0) is 12.3 Å². The number of pyridine rings is 1. The van der Waals surface area contributed by atoms with Crippen LogP contribution in [0, 0.1) is 0 Å². The van der Waals surface area contributed by atoms with E-state index < -0.39 is 0 Å². The third-order valence-corrected chi connectivity index (χ3v) is 2.24. The highest BCUT2D eigenvalue weighted by Crippen LogP contribution is 2.14. The van der Waals surface area contributed by atoms with Gasteiger partial charge in [0.25, 0.3) is 0 Å². The molecular formula is C8H9BrClNO. The summed E-state index contributed by atoms with van der Waals surface area (Å²) in [6.45, 7) is 0.132. The average molecular weight is 251 g/mol. The normalized spacial score (nSPS) is 10.2. The summed E-state index contributed by atoms with van der Waals surface area (Å²) in [5.41, 5.74) is 1.84. The van der Waals surface area contributed by atoms with Gasteiger partial charge < -0.3 is 5.11 Å². The molecule has 12 heavy (non-hydrogen) atoms. The molecule has 0 saturated carbocycles. The van der Waals surface area contributed by atoms with Gasteiger partial charge in [-0.3, -0.25) is 0 Å². The minimum atomic E-state index is 0.132. The summed E-state index contributed by atoms with van der Waals surface area (Å²) in [6.07, 6.45) is 0.613. The molecular weight excluding hydrogens is 241 g/mol. The van der Waals surface area contributed by atoms with Gasteiger partial charge in [-0.05, 0) is 34.0 Å². The maximum atomic E-state index is 8.73. The SMILES string of the molecule is OCCc1ccc(Br)nc1CCl. The number of aliphatic hydroxyl groups excluding tert-OH is 1. The van der Waals surface area contributed by atoms with Crippen molar-refractivity contribution < 1.29 is 5.11 Å². The van der Waals surface area contributed by atoms with E-state index in [0.29, 0.717) is 12.3 Å². The number of rotatable bonds is 3. The summed E-state index contributed by atoms with van der Waals surface area (Å²) >= 11 is 8.93. The molecule has 0 radical (unpaired) electrons. The molecule has 1 N–H and O–H groups in total. The minimum Gasteiger partial charge on any atom is -0.396 e. The van der Waals surface area contributed by atoms with Crippen LogP contribution in [0.2, 0.25) is 0 Å². The Morgan fingerprint density at radius 1 is 1.50 bits per heavy atom. The van der Waals surface area contributed by atoms with Crippen molar-refractivity contribution in [1.29, 1.82) is 0 Å². The monoisotopic (exact) mass is 249 g/mol. The standard InChI is InChI=1S/C8H9BrClNO/c9-8-2-1-6(3-4-12)7(5-10)11-8/h1-2,12H,3-5H2. The molecule has 0 unspecified atom stereocenters. The fourth-order valence-electron chi connectivity index (χ4n) is 0.967. The zero-order valence-electron chi connectivity index (χ0n) is 6.43. The Hall–Kier alpha value is -0.120. The fraction of sp³-hybridized carbons (Fsp3) is 0.375. The topological polar surface area (TPSA) is 33.1 Å². The molecule has 1 aromatic heterocycles. The Morgan fingerprint density at radius 3 is 2.83 bits per heavy atom. The minimum absolute atomic E-state index is 0.132. The van der Waals surface area contributed by atoms with Gasteiger partial charge in [-0.2, -0.15) is 0 Å². The van der Waals surface area contributed by atoms with Gasteiger partial charge >= 0.3 is 0 Å². The van der Waals surface area contributed by atoms with Crippen LogP contribution in [0.4, 0.5) is 0 Å². The molecule has 0 spiro atoms. The van der Waals surface area contributed by atoms with Gasteiger partial charge in [-0.25, -0.2) is 4.98 Å². The molecule has 0 aliphatic carbocycles. The second-order valence-electron chi connectivity index (χ2n) is 2.35. The third-order valence-electron chi connectivity index (χ3n) is 1.54. The number of nitrogens with zero attached hydrogens (tertiary/aromatic N) is 1. The highest BCUT2D eigenvalue weighted by Gasteiger charge is 2.02. The van der Waals surface area contributed by atoms with Crippen LogP contribution in [-0.4, -0.2) is 16.7 Å². The number of aliphatic hydroxyl groups is 1. The van der Waals surface area contributed by atoms with E-state index in [4.69, 9.17) is 16.7 Å². The molecule has 1 rings (SSSR count). The lowest BCUT2D eigenvalue weighted by Gasteiger charge is -2.04. The van der Waals surface area contributed by atoms with Crippen LogP contribution in [0.25, 0.3) is 0 Å². The number of alkyl halides is 1. The van der Waals surface area contributed by atoms with E-state index in [1.54, 1.807) is 0 Å². The molecule has 4 heteroatoms. The number of halogens is 2. The van der Waals surface area contributed by atoms with Crippen molar-refractivity contribution >= 4 is 27.5 Å². The first-order valence-corrected chi connectivity index (χ1v) is 4.91. The van der Waals surface area contributed by atoms with E-state index in [0.717, 1.165) is 15.9 Å². The highest BCUT2D eigenvalue weighted by atomic mass is 79.9. The predicted molar refractivity (Wildman–Crippen MR) is 52.3 cm³/mol. The Bertz CT molecular complexity index is 267. The van der Waals surface area contributed by atoms with E-state index in [1.807, 2.05) is 12.1 Å². The molecule has 2 nitrogen and oxygen atoms in total. The van der Waals surface area contributed by atoms with Crippen LogP contribution in [0.5, 0.6) is 0 Å². The van der Waals surface area contributed by atoms with Crippen molar-refractivity contribution in [3.63, 3.8) is 0 Å². The fourth-order valence-corrected chi connectivity index (χ4v) is 1.54. The smallest absolute Gasteiger partial charge is 0.106 e. The summed E-state index contributed by atoms with van der Waals surface area (Å²) < 4.78 is 0.778. The van der Waals surface area contributed by atoms with Crippen LogP contribution < -0.4 is 0 Å². The second kappa shape index (κ2) is 4.80. The van der Waals surface area contributed by atoms with Crippen molar-refractivity contribution in [2.24, 2.45) is 0 Å². The maximum Gasteiger partial charge on any atom is 0.106 e. The summed E-state index contributed by atoms with van der Waals surface area (Å²) in [5, 5.41) is 8.73. The van der Waals surface area contributed by atoms with Crippen molar-refractivity contribution in [1.82, 2.24) is 4.98 Å². The van der Waals surface area contributed by atoms with E-state index in [1.165, 1.54) is 0 Å². The lowest BCUT2D eigenvalue weighted by Crippen LogP contribution is -1.98. The maximum absolute atomic E-state index is 8.73. The average Bonchev–Trinajstić information content (AvgIpc) is 2.08. The van der Waals surface area contributed by atoms with Crippen molar-refractivity contribution in [2.75, 3.05) is 6.61 Å². The number of aromatic nitrogens is 1. The van der Waals surface area contributed by atoms with Crippen LogP contribution in [0.15, 0.2) is 16.7 Å².